The van der Waals surface area contributed by atoms with Crippen molar-refractivity contribution in [3.05, 3.63) is 22.4 Å². The van der Waals surface area contributed by atoms with Crippen molar-refractivity contribution in [1.82, 2.24) is 10.2 Å². The van der Waals surface area contributed by atoms with E-state index < -0.39 is 11.0 Å². The first kappa shape index (κ1) is 16.6. The van der Waals surface area contributed by atoms with Crippen molar-refractivity contribution in [2.45, 2.75) is 37.5 Å². The molecule has 1 saturated heterocycles. The molecule has 0 saturated carbocycles. The van der Waals surface area contributed by atoms with E-state index >= 15 is 0 Å². The monoisotopic (exact) mass is 338 g/mol. The molecule has 1 N–H and O–H groups in total. The van der Waals surface area contributed by atoms with Gasteiger partial charge in [-0.2, -0.15) is 13.2 Å². The highest BCUT2D eigenvalue weighted by Gasteiger charge is 2.47. The third kappa shape index (κ3) is 3.73. The fourth-order valence-corrected chi connectivity index (χ4v) is 3.60. The van der Waals surface area contributed by atoms with Crippen LogP contribution in [-0.2, 0) is 4.79 Å². The van der Waals surface area contributed by atoms with Crippen LogP contribution in [0.25, 0.3) is 0 Å². The lowest BCUT2D eigenvalue weighted by Crippen LogP contribution is -2.43. The van der Waals surface area contributed by atoms with Crippen molar-refractivity contribution in [3.63, 3.8) is 0 Å². The number of carbonyl (C=O) groups is 1. The lowest BCUT2D eigenvalue weighted by Gasteiger charge is -2.23. The van der Waals surface area contributed by atoms with Gasteiger partial charge in [0.1, 0.15) is 6.17 Å². The van der Waals surface area contributed by atoms with Gasteiger partial charge in [-0.05, 0) is 36.6 Å². The van der Waals surface area contributed by atoms with Crippen LogP contribution < -0.4 is 5.32 Å². The summed E-state index contributed by atoms with van der Waals surface area (Å²) in [4.78, 5) is 15.0. The van der Waals surface area contributed by atoms with Gasteiger partial charge in [-0.3, -0.25) is 10.1 Å². The summed E-state index contributed by atoms with van der Waals surface area (Å²) in [7, 11) is 0. The molecule has 21 heavy (non-hydrogen) atoms. The Kier molecular flexibility index (Phi) is 4.89. The summed E-state index contributed by atoms with van der Waals surface area (Å²) in [6.45, 7) is 3.77. The maximum absolute atomic E-state index is 12.5. The van der Waals surface area contributed by atoms with Gasteiger partial charge in [-0.15, -0.1) is 11.3 Å². The smallest absolute Gasteiger partial charge is 0.320 e. The topological polar surface area (TPSA) is 32.3 Å². The van der Waals surface area contributed by atoms with Gasteiger partial charge in [0.25, 0.3) is 0 Å². The highest BCUT2D eigenvalue weighted by Crippen LogP contribution is 2.36. The standard InChI is InChI=1S/C13H17F3N2OS2/c1-3-12(2)11(19)18(6-8-21-13(14,15)16)10(17-12)9-5-4-7-20-9/h4-5,7,10,17H,3,6,8H2,1-2H3. The molecule has 1 aliphatic heterocycles. The molecule has 1 aromatic rings. The number of rotatable bonds is 5. The van der Waals surface area contributed by atoms with Crippen LogP contribution in [0.4, 0.5) is 13.2 Å². The molecule has 1 fully saturated rings. The van der Waals surface area contributed by atoms with Crippen molar-refractivity contribution >= 4 is 29.0 Å². The van der Waals surface area contributed by atoms with Crippen LogP contribution in [0.2, 0.25) is 0 Å². The third-order valence-electron chi connectivity index (χ3n) is 3.62. The first-order chi connectivity index (χ1) is 9.77. The predicted molar refractivity (Wildman–Crippen MR) is 79.1 cm³/mol. The number of hydrogen-bond acceptors (Lipinski definition) is 4. The number of thiophene rings is 1. The minimum Gasteiger partial charge on any atom is -0.320 e. The van der Waals surface area contributed by atoms with Crippen LogP contribution in [-0.4, -0.2) is 34.2 Å². The molecule has 118 valence electrons. The molecule has 0 spiro atoms. The lowest BCUT2D eigenvalue weighted by atomic mass is 9.99. The fraction of sp³-hybridized carbons (Fsp3) is 0.615. The number of alkyl halides is 3. The largest absolute Gasteiger partial charge is 0.441 e. The maximum Gasteiger partial charge on any atom is 0.441 e. The van der Waals surface area contributed by atoms with E-state index in [1.807, 2.05) is 24.4 Å². The van der Waals surface area contributed by atoms with Crippen LogP contribution >= 0.6 is 23.1 Å². The molecule has 0 radical (unpaired) electrons. The summed E-state index contributed by atoms with van der Waals surface area (Å²) in [6, 6.07) is 3.76. The van der Waals surface area contributed by atoms with Crippen molar-refractivity contribution in [2.75, 3.05) is 12.3 Å². The number of nitrogens with zero attached hydrogens (tertiary/aromatic N) is 1. The number of hydrogen-bond donors (Lipinski definition) is 1. The summed E-state index contributed by atoms with van der Waals surface area (Å²) in [5, 5.41) is 5.16. The van der Waals surface area contributed by atoms with E-state index in [-0.39, 0.29) is 36.1 Å². The minimum atomic E-state index is -4.26. The maximum atomic E-state index is 12.5. The first-order valence-corrected chi connectivity index (χ1v) is 8.46. The van der Waals surface area contributed by atoms with E-state index in [0.29, 0.717) is 6.42 Å². The normalized spacial score (nSPS) is 26.6. The Morgan fingerprint density at radius 3 is 2.76 bits per heavy atom. The molecule has 0 aromatic carbocycles. The zero-order valence-corrected chi connectivity index (χ0v) is 13.4. The molecular weight excluding hydrogens is 321 g/mol. The van der Waals surface area contributed by atoms with Crippen LogP contribution in [0.15, 0.2) is 17.5 Å². The lowest BCUT2D eigenvalue weighted by molar-refractivity contribution is -0.132. The van der Waals surface area contributed by atoms with E-state index in [2.05, 4.69) is 5.32 Å². The number of amides is 1. The minimum absolute atomic E-state index is 0.0775. The van der Waals surface area contributed by atoms with Crippen molar-refractivity contribution < 1.29 is 18.0 Å². The van der Waals surface area contributed by atoms with Gasteiger partial charge in [0, 0.05) is 17.2 Å². The highest BCUT2D eigenvalue weighted by molar-refractivity contribution is 8.00. The molecule has 0 bridgehead atoms. The second kappa shape index (κ2) is 6.18. The second-order valence-electron chi connectivity index (χ2n) is 5.04. The van der Waals surface area contributed by atoms with E-state index in [1.54, 1.807) is 6.92 Å². The second-order valence-corrected chi connectivity index (χ2v) is 7.18. The zero-order chi connectivity index (χ0) is 15.7. The molecule has 3 nitrogen and oxygen atoms in total. The quantitative estimate of drug-likeness (QED) is 0.890. The predicted octanol–water partition coefficient (Wildman–Crippen LogP) is 3.60. The Labute approximate surface area is 129 Å². The van der Waals surface area contributed by atoms with Gasteiger partial charge >= 0.3 is 5.51 Å². The van der Waals surface area contributed by atoms with Gasteiger partial charge < -0.3 is 4.90 Å². The molecule has 2 unspecified atom stereocenters. The van der Waals surface area contributed by atoms with Gasteiger partial charge in [-0.1, -0.05) is 13.0 Å². The Morgan fingerprint density at radius 1 is 1.52 bits per heavy atom. The molecule has 2 atom stereocenters. The first-order valence-electron chi connectivity index (χ1n) is 6.60. The molecule has 2 heterocycles. The summed E-state index contributed by atoms with van der Waals surface area (Å²) >= 11 is 1.40. The molecule has 1 aliphatic rings. The summed E-state index contributed by atoms with van der Waals surface area (Å²) in [6.07, 6.45) is 0.257. The van der Waals surface area contributed by atoms with Gasteiger partial charge in [0.2, 0.25) is 5.91 Å². The average Bonchev–Trinajstić information content (AvgIpc) is 3.00. The number of halogens is 3. The number of carbonyl (C=O) groups excluding carboxylic acids is 1. The van der Waals surface area contributed by atoms with Gasteiger partial charge in [-0.25, -0.2) is 0 Å². The molecular formula is C13H17F3N2OS2. The average molecular weight is 338 g/mol. The van der Waals surface area contributed by atoms with E-state index in [4.69, 9.17) is 0 Å². The van der Waals surface area contributed by atoms with E-state index in [1.165, 1.54) is 16.2 Å². The molecule has 1 amide bonds. The Hall–Kier alpha value is -0.730. The van der Waals surface area contributed by atoms with Gasteiger partial charge in [0.15, 0.2) is 0 Å². The number of nitrogens with one attached hydrogen (secondary N) is 1. The summed E-state index contributed by atoms with van der Waals surface area (Å²) in [5.74, 6) is -0.287. The zero-order valence-electron chi connectivity index (χ0n) is 11.7. The van der Waals surface area contributed by atoms with Crippen LogP contribution in [0.1, 0.15) is 31.3 Å². The third-order valence-corrected chi connectivity index (χ3v) is 5.26. The Bertz CT molecular complexity index is 492. The van der Waals surface area contributed by atoms with Crippen LogP contribution in [0.5, 0.6) is 0 Å². The van der Waals surface area contributed by atoms with Gasteiger partial charge in [0.05, 0.1) is 5.54 Å². The SMILES string of the molecule is CCC1(C)NC(c2cccs2)N(CCSC(F)(F)F)C1=O. The van der Waals surface area contributed by atoms with Crippen molar-refractivity contribution in [1.29, 1.82) is 0 Å². The fourth-order valence-electron chi connectivity index (χ4n) is 2.29. The van der Waals surface area contributed by atoms with Crippen molar-refractivity contribution in [2.24, 2.45) is 0 Å². The van der Waals surface area contributed by atoms with Crippen LogP contribution in [0, 0.1) is 0 Å². The van der Waals surface area contributed by atoms with Crippen LogP contribution in [0.3, 0.4) is 0 Å². The summed E-state index contributed by atoms with van der Waals surface area (Å²) < 4.78 is 36.8. The van der Waals surface area contributed by atoms with E-state index in [9.17, 15) is 18.0 Å². The highest BCUT2D eigenvalue weighted by atomic mass is 32.2. The Balaban J connectivity index is 2.12. The Morgan fingerprint density at radius 2 is 2.24 bits per heavy atom. The molecule has 0 aliphatic carbocycles. The summed E-state index contributed by atoms with van der Waals surface area (Å²) in [5.41, 5.74) is -4.97. The van der Waals surface area contributed by atoms with Crippen molar-refractivity contribution in [3.8, 4) is 0 Å². The molecule has 1 aromatic heterocycles. The number of thioether (sulfide) groups is 1. The molecule has 2 rings (SSSR count). The molecule has 8 heteroatoms. The van der Waals surface area contributed by atoms with E-state index in [0.717, 1.165) is 4.88 Å².